The van der Waals surface area contributed by atoms with Crippen molar-refractivity contribution in [1.82, 2.24) is 4.98 Å². The molecule has 5 nitrogen and oxygen atoms in total. The highest BCUT2D eigenvalue weighted by molar-refractivity contribution is 5.83. The van der Waals surface area contributed by atoms with E-state index in [-0.39, 0.29) is 5.56 Å². The first-order valence-electron chi connectivity index (χ1n) is 9.58. The zero-order valence-corrected chi connectivity index (χ0v) is 15.1. The number of nitrogens with one attached hydrogen (secondary N) is 2. The Morgan fingerprint density at radius 2 is 1.81 bits per heavy atom. The van der Waals surface area contributed by atoms with Crippen molar-refractivity contribution in [1.29, 1.82) is 0 Å². The van der Waals surface area contributed by atoms with Crippen LogP contribution in [0.1, 0.15) is 29.5 Å². The number of aromatic nitrogens is 1. The van der Waals surface area contributed by atoms with Crippen molar-refractivity contribution < 1.29 is 9.47 Å². The first-order chi connectivity index (χ1) is 13.3. The van der Waals surface area contributed by atoms with E-state index in [0.717, 1.165) is 35.2 Å². The summed E-state index contributed by atoms with van der Waals surface area (Å²) in [7, 11) is 0. The van der Waals surface area contributed by atoms with Crippen molar-refractivity contribution in [2.75, 3.05) is 18.5 Å². The summed E-state index contributed by atoms with van der Waals surface area (Å²) in [6, 6.07) is 12.1. The minimum atomic E-state index is -0.0727. The zero-order valence-electron chi connectivity index (χ0n) is 15.1. The van der Waals surface area contributed by atoms with Gasteiger partial charge in [-0.15, -0.1) is 0 Å². The Kier molecular flexibility index (Phi) is 4.00. The second-order valence-corrected chi connectivity index (χ2v) is 7.21. The van der Waals surface area contributed by atoms with Gasteiger partial charge in [-0.05, 0) is 55.0 Å². The van der Waals surface area contributed by atoms with E-state index in [4.69, 9.17) is 9.47 Å². The third-order valence-electron chi connectivity index (χ3n) is 5.45. The lowest BCUT2D eigenvalue weighted by Gasteiger charge is -2.20. The highest BCUT2D eigenvalue weighted by Crippen LogP contribution is 2.34. The van der Waals surface area contributed by atoms with E-state index in [9.17, 15) is 4.79 Å². The number of aromatic amines is 1. The standard InChI is InChI=1S/C22H22N2O3/c25-22-16(13-23-18-7-3-5-14-4-1-2-6-17(14)18)10-15-11-20-21(12-19(15)24-22)27-9-8-26-20/h3,5,7,10-12,23H,1-2,4,6,8-9,13H2,(H,24,25). The maximum atomic E-state index is 12.5. The molecule has 1 aliphatic carbocycles. The molecule has 1 aliphatic heterocycles. The quantitative estimate of drug-likeness (QED) is 0.744. The van der Waals surface area contributed by atoms with E-state index in [1.165, 1.54) is 24.0 Å². The summed E-state index contributed by atoms with van der Waals surface area (Å²) in [5.74, 6) is 1.42. The number of pyridine rings is 1. The van der Waals surface area contributed by atoms with Crippen LogP contribution in [0.3, 0.4) is 0 Å². The molecule has 0 unspecified atom stereocenters. The normalized spacial score (nSPS) is 15.4. The van der Waals surface area contributed by atoms with Crippen molar-refractivity contribution in [2.45, 2.75) is 32.2 Å². The number of H-pyrrole nitrogens is 1. The van der Waals surface area contributed by atoms with E-state index in [1.54, 1.807) is 0 Å². The summed E-state index contributed by atoms with van der Waals surface area (Å²) in [5, 5.41) is 4.43. The molecular formula is C22H22N2O3. The van der Waals surface area contributed by atoms with Gasteiger partial charge in [-0.3, -0.25) is 4.79 Å². The fourth-order valence-electron chi connectivity index (χ4n) is 4.06. The fraction of sp³-hybridized carbons (Fsp3) is 0.318. The summed E-state index contributed by atoms with van der Waals surface area (Å²) < 4.78 is 11.3. The molecule has 5 heteroatoms. The van der Waals surface area contributed by atoms with E-state index in [2.05, 4.69) is 28.5 Å². The van der Waals surface area contributed by atoms with Gasteiger partial charge in [-0.1, -0.05) is 12.1 Å². The Morgan fingerprint density at radius 3 is 2.70 bits per heavy atom. The van der Waals surface area contributed by atoms with Gasteiger partial charge in [0.15, 0.2) is 11.5 Å². The maximum absolute atomic E-state index is 12.5. The molecule has 138 valence electrons. The number of hydrogen-bond acceptors (Lipinski definition) is 4. The van der Waals surface area contributed by atoms with Crippen LogP contribution in [0.5, 0.6) is 11.5 Å². The van der Waals surface area contributed by atoms with Gasteiger partial charge in [0, 0.05) is 29.2 Å². The van der Waals surface area contributed by atoms with Gasteiger partial charge in [0.2, 0.25) is 0 Å². The molecule has 1 aromatic heterocycles. The molecular weight excluding hydrogens is 340 g/mol. The highest BCUT2D eigenvalue weighted by Gasteiger charge is 2.15. The number of hydrogen-bond donors (Lipinski definition) is 2. The predicted molar refractivity (Wildman–Crippen MR) is 106 cm³/mol. The summed E-state index contributed by atoms with van der Waals surface area (Å²) in [4.78, 5) is 15.5. The molecule has 2 heterocycles. The molecule has 2 aromatic carbocycles. The molecule has 0 atom stereocenters. The Hall–Kier alpha value is -2.95. The average molecular weight is 362 g/mol. The molecule has 27 heavy (non-hydrogen) atoms. The summed E-state index contributed by atoms with van der Waals surface area (Å²) in [6.07, 6.45) is 4.75. The Balaban J connectivity index is 1.45. The monoisotopic (exact) mass is 362 g/mol. The van der Waals surface area contributed by atoms with E-state index >= 15 is 0 Å². The van der Waals surface area contributed by atoms with Crippen LogP contribution in [0.2, 0.25) is 0 Å². The molecule has 0 amide bonds. The largest absolute Gasteiger partial charge is 0.486 e. The Bertz CT molecular complexity index is 1070. The summed E-state index contributed by atoms with van der Waals surface area (Å²) >= 11 is 0. The molecule has 0 bridgehead atoms. The van der Waals surface area contributed by atoms with Crippen LogP contribution in [0.25, 0.3) is 10.9 Å². The van der Waals surface area contributed by atoms with Gasteiger partial charge in [-0.2, -0.15) is 0 Å². The van der Waals surface area contributed by atoms with Crippen molar-refractivity contribution >= 4 is 16.6 Å². The number of aryl methyl sites for hydroxylation is 1. The zero-order chi connectivity index (χ0) is 18.2. The minimum absolute atomic E-state index is 0.0727. The number of benzene rings is 2. The molecule has 2 N–H and O–H groups in total. The average Bonchev–Trinajstić information content (AvgIpc) is 2.71. The maximum Gasteiger partial charge on any atom is 0.253 e. The SMILES string of the molecule is O=c1[nH]c2cc3c(cc2cc1CNc1cccc2c1CCCC2)OCCO3. The van der Waals surface area contributed by atoms with Gasteiger partial charge in [0.25, 0.3) is 5.56 Å². The second kappa shape index (κ2) is 6.65. The summed E-state index contributed by atoms with van der Waals surface area (Å²) in [6.45, 7) is 1.58. The minimum Gasteiger partial charge on any atom is -0.486 e. The van der Waals surface area contributed by atoms with Gasteiger partial charge in [0.05, 0.1) is 5.52 Å². The molecule has 3 aromatic rings. The number of rotatable bonds is 3. The van der Waals surface area contributed by atoms with Crippen molar-refractivity contribution in [3.8, 4) is 11.5 Å². The molecule has 0 fully saturated rings. The van der Waals surface area contributed by atoms with E-state index < -0.39 is 0 Å². The number of ether oxygens (including phenoxy) is 2. The van der Waals surface area contributed by atoms with Crippen LogP contribution in [-0.4, -0.2) is 18.2 Å². The topological polar surface area (TPSA) is 63.4 Å². The highest BCUT2D eigenvalue weighted by atomic mass is 16.6. The Labute approximate surface area is 157 Å². The van der Waals surface area contributed by atoms with Crippen molar-refractivity contribution in [3.05, 3.63) is 63.4 Å². The number of anilines is 1. The first kappa shape index (κ1) is 16.2. The van der Waals surface area contributed by atoms with Crippen LogP contribution in [0, 0.1) is 0 Å². The second-order valence-electron chi connectivity index (χ2n) is 7.21. The van der Waals surface area contributed by atoms with E-state index in [0.29, 0.717) is 31.1 Å². The van der Waals surface area contributed by atoms with Crippen LogP contribution in [0.4, 0.5) is 5.69 Å². The van der Waals surface area contributed by atoms with E-state index in [1.807, 2.05) is 18.2 Å². The molecule has 0 saturated carbocycles. The number of fused-ring (bicyclic) bond motifs is 3. The predicted octanol–water partition coefficient (Wildman–Crippen LogP) is 3.79. The van der Waals surface area contributed by atoms with Crippen molar-refractivity contribution in [2.24, 2.45) is 0 Å². The fourth-order valence-corrected chi connectivity index (χ4v) is 4.06. The van der Waals surface area contributed by atoms with Gasteiger partial charge >= 0.3 is 0 Å². The lowest BCUT2D eigenvalue weighted by atomic mass is 9.90. The van der Waals surface area contributed by atoms with Crippen LogP contribution in [-0.2, 0) is 19.4 Å². The molecule has 5 rings (SSSR count). The third kappa shape index (κ3) is 3.03. The third-order valence-corrected chi connectivity index (χ3v) is 5.45. The first-order valence-corrected chi connectivity index (χ1v) is 9.58. The van der Waals surface area contributed by atoms with Crippen LogP contribution < -0.4 is 20.3 Å². The van der Waals surface area contributed by atoms with Crippen LogP contribution in [0.15, 0.2) is 41.2 Å². The van der Waals surface area contributed by atoms with Crippen molar-refractivity contribution in [3.63, 3.8) is 0 Å². The lowest BCUT2D eigenvalue weighted by molar-refractivity contribution is 0.172. The molecule has 2 aliphatic rings. The van der Waals surface area contributed by atoms with Crippen LogP contribution >= 0.6 is 0 Å². The molecule has 0 saturated heterocycles. The van der Waals surface area contributed by atoms with Gasteiger partial charge < -0.3 is 19.8 Å². The Morgan fingerprint density at radius 1 is 1.00 bits per heavy atom. The lowest BCUT2D eigenvalue weighted by Crippen LogP contribution is -2.18. The summed E-state index contributed by atoms with van der Waals surface area (Å²) in [5.41, 5.74) is 5.39. The van der Waals surface area contributed by atoms with Gasteiger partial charge in [-0.25, -0.2) is 0 Å². The molecule has 0 spiro atoms. The molecule has 0 radical (unpaired) electrons. The smallest absolute Gasteiger partial charge is 0.253 e. The van der Waals surface area contributed by atoms with Gasteiger partial charge in [0.1, 0.15) is 13.2 Å².